The first-order chi connectivity index (χ1) is 16.4. The molecule has 182 valence electrons. The Morgan fingerprint density at radius 3 is 2.18 bits per heavy atom. The van der Waals surface area contributed by atoms with Crippen molar-refractivity contribution < 1.29 is 14.0 Å². The van der Waals surface area contributed by atoms with Gasteiger partial charge in [0.05, 0.1) is 12.2 Å². The Morgan fingerprint density at radius 1 is 0.824 bits per heavy atom. The first-order valence-corrected chi connectivity index (χ1v) is 12.3. The predicted molar refractivity (Wildman–Crippen MR) is 132 cm³/mol. The van der Waals surface area contributed by atoms with Crippen molar-refractivity contribution >= 4 is 17.6 Å². The fourth-order valence-electron chi connectivity index (χ4n) is 4.90. The number of rotatable bonds is 9. The molecule has 0 unspecified atom stereocenters. The summed E-state index contributed by atoms with van der Waals surface area (Å²) in [5, 5.41) is 0. The van der Waals surface area contributed by atoms with Crippen LogP contribution in [0.25, 0.3) is 0 Å². The molecule has 0 bridgehead atoms. The zero-order valence-electron chi connectivity index (χ0n) is 20.3. The molecule has 2 aromatic rings. The molecule has 0 atom stereocenters. The maximum atomic E-state index is 14.0. The number of carbonyl (C=O) groups is 2. The van der Waals surface area contributed by atoms with Crippen molar-refractivity contribution in [1.29, 1.82) is 0 Å². The topological polar surface area (TPSA) is 47.1 Å². The maximum absolute atomic E-state index is 14.0. The lowest BCUT2D eigenvalue weighted by Gasteiger charge is -2.36. The summed E-state index contributed by atoms with van der Waals surface area (Å²) in [5.41, 5.74) is 0.836. The van der Waals surface area contributed by atoms with Gasteiger partial charge in [-0.2, -0.15) is 0 Å². The van der Waals surface area contributed by atoms with E-state index in [4.69, 9.17) is 0 Å². The van der Waals surface area contributed by atoms with Gasteiger partial charge < -0.3 is 9.80 Å². The fraction of sp³-hybridized carbons (Fsp3) is 0.481. The molecule has 3 amide bonds. The zero-order chi connectivity index (χ0) is 24.1. The second-order valence-corrected chi connectivity index (χ2v) is 9.71. The lowest BCUT2D eigenvalue weighted by molar-refractivity contribution is -0.132. The maximum Gasteiger partial charge on any atom is 0.327 e. The number of halogens is 1. The van der Waals surface area contributed by atoms with E-state index < -0.39 is 5.54 Å². The van der Waals surface area contributed by atoms with Gasteiger partial charge in [0.25, 0.3) is 5.91 Å². The van der Waals surface area contributed by atoms with Crippen LogP contribution in [0, 0.1) is 5.82 Å². The smallest absolute Gasteiger partial charge is 0.327 e. The van der Waals surface area contributed by atoms with Crippen LogP contribution in [0.3, 0.4) is 0 Å². The van der Waals surface area contributed by atoms with E-state index in [1.807, 2.05) is 56.3 Å². The molecule has 2 fully saturated rings. The number of piperazine rings is 1. The van der Waals surface area contributed by atoms with Crippen LogP contribution < -0.4 is 4.90 Å². The quantitative estimate of drug-likeness (QED) is 0.407. The van der Waals surface area contributed by atoms with Gasteiger partial charge in [-0.1, -0.05) is 48.9 Å². The molecule has 0 aliphatic carbocycles. The van der Waals surface area contributed by atoms with Crippen molar-refractivity contribution in [2.45, 2.75) is 45.2 Å². The molecule has 7 heteroatoms. The van der Waals surface area contributed by atoms with E-state index in [9.17, 15) is 14.0 Å². The van der Waals surface area contributed by atoms with Gasteiger partial charge in [0.1, 0.15) is 11.4 Å². The summed E-state index contributed by atoms with van der Waals surface area (Å²) in [4.78, 5) is 33.6. The Balaban J connectivity index is 1.19. The monoisotopic (exact) mass is 466 g/mol. The van der Waals surface area contributed by atoms with Gasteiger partial charge in [0.2, 0.25) is 0 Å². The molecule has 2 heterocycles. The summed E-state index contributed by atoms with van der Waals surface area (Å²) in [7, 11) is 0. The zero-order valence-corrected chi connectivity index (χ0v) is 20.3. The highest BCUT2D eigenvalue weighted by Crippen LogP contribution is 2.29. The number of hydrogen-bond donors (Lipinski definition) is 0. The molecule has 0 saturated carbocycles. The highest BCUT2D eigenvalue weighted by atomic mass is 19.1. The van der Waals surface area contributed by atoms with Crippen molar-refractivity contribution in [3.05, 3.63) is 66.0 Å². The molecule has 0 radical (unpaired) electrons. The van der Waals surface area contributed by atoms with Crippen LogP contribution in [-0.2, 0) is 11.3 Å². The van der Waals surface area contributed by atoms with Crippen molar-refractivity contribution in [3.8, 4) is 0 Å². The summed E-state index contributed by atoms with van der Waals surface area (Å²) in [6.07, 6.45) is 2.92. The van der Waals surface area contributed by atoms with Crippen LogP contribution in [-0.4, -0.2) is 71.4 Å². The second-order valence-electron chi connectivity index (χ2n) is 9.71. The number of nitrogens with zero attached hydrogens (tertiary/aromatic N) is 4. The molecule has 0 aromatic heterocycles. The third-order valence-electron chi connectivity index (χ3n) is 7.01. The van der Waals surface area contributed by atoms with E-state index in [-0.39, 0.29) is 17.8 Å². The van der Waals surface area contributed by atoms with Gasteiger partial charge in [-0.15, -0.1) is 0 Å². The molecule has 2 aliphatic rings. The second kappa shape index (κ2) is 10.6. The lowest BCUT2D eigenvalue weighted by Crippen LogP contribution is -2.47. The molecule has 34 heavy (non-hydrogen) atoms. The summed E-state index contributed by atoms with van der Waals surface area (Å²) in [6.45, 7) is 9.10. The average Bonchev–Trinajstić information content (AvgIpc) is 3.00. The number of imide groups is 1. The van der Waals surface area contributed by atoms with Gasteiger partial charge in [0, 0.05) is 32.7 Å². The molecule has 4 rings (SSSR count). The normalized spacial score (nSPS) is 18.7. The number of amides is 3. The van der Waals surface area contributed by atoms with Gasteiger partial charge in [0.15, 0.2) is 0 Å². The molecule has 6 nitrogen and oxygen atoms in total. The van der Waals surface area contributed by atoms with Crippen molar-refractivity contribution in [2.75, 3.05) is 44.2 Å². The van der Waals surface area contributed by atoms with E-state index in [0.29, 0.717) is 18.8 Å². The fourth-order valence-corrected chi connectivity index (χ4v) is 4.90. The molecule has 2 aromatic carbocycles. The number of anilines is 1. The van der Waals surface area contributed by atoms with E-state index >= 15 is 0 Å². The molecule has 2 saturated heterocycles. The van der Waals surface area contributed by atoms with Crippen LogP contribution in [0.1, 0.15) is 38.7 Å². The van der Waals surface area contributed by atoms with Gasteiger partial charge in [-0.05, 0) is 50.9 Å². The van der Waals surface area contributed by atoms with Crippen molar-refractivity contribution in [3.63, 3.8) is 0 Å². The Morgan fingerprint density at radius 2 is 1.47 bits per heavy atom. The summed E-state index contributed by atoms with van der Waals surface area (Å²) < 4.78 is 14.0. The molecular weight excluding hydrogens is 431 g/mol. The van der Waals surface area contributed by atoms with Crippen LogP contribution >= 0.6 is 0 Å². The summed E-state index contributed by atoms with van der Waals surface area (Å²) in [6, 6.07) is 16.4. The molecular formula is C27H35FN4O2. The number of para-hydroxylation sites is 1. The summed E-state index contributed by atoms with van der Waals surface area (Å²) in [5.74, 6) is -0.287. The summed E-state index contributed by atoms with van der Waals surface area (Å²) >= 11 is 0. The van der Waals surface area contributed by atoms with Gasteiger partial charge >= 0.3 is 6.03 Å². The van der Waals surface area contributed by atoms with E-state index in [2.05, 4.69) is 9.80 Å². The molecule has 0 spiro atoms. The minimum atomic E-state index is -0.811. The van der Waals surface area contributed by atoms with Crippen LogP contribution in [0.2, 0.25) is 0 Å². The minimum absolute atomic E-state index is 0.130. The highest BCUT2D eigenvalue weighted by Gasteiger charge is 2.50. The van der Waals surface area contributed by atoms with E-state index in [1.54, 1.807) is 11.0 Å². The Bertz CT molecular complexity index is 989. The Labute approximate surface area is 201 Å². The molecule has 2 aliphatic heterocycles. The average molecular weight is 467 g/mol. The largest absolute Gasteiger partial charge is 0.367 e. The number of hydrogen-bond acceptors (Lipinski definition) is 4. The third-order valence-corrected chi connectivity index (χ3v) is 7.01. The van der Waals surface area contributed by atoms with Crippen LogP contribution in [0.4, 0.5) is 14.9 Å². The van der Waals surface area contributed by atoms with Gasteiger partial charge in [-0.25, -0.2) is 9.18 Å². The van der Waals surface area contributed by atoms with E-state index in [1.165, 1.54) is 11.0 Å². The van der Waals surface area contributed by atoms with Gasteiger partial charge in [-0.3, -0.25) is 14.6 Å². The number of benzene rings is 2. The molecule has 0 N–H and O–H groups in total. The predicted octanol–water partition coefficient (Wildman–Crippen LogP) is 4.36. The highest BCUT2D eigenvalue weighted by molar-refractivity contribution is 6.06. The third kappa shape index (κ3) is 5.25. The SMILES string of the molecule is CC1(C)C(=O)N(Cc2ccccc2)C(=O)N1CCCCCN1CCN(c2ccccc2F)CC1. The number of unbranched alkanes of at least 4 members (excludes halogenated alkanes) is 2. The minimum Gasteiger partial charge on any atom is -0.367 e. The van der Waals surface area contributed by atoms with Crippen molar-refractivity contribution in [1.82, 2.24) is 14.7 Å². The number of urea groups is 1. The van der Waals surface area contributed by atoms with Crippen LogP contribution in [0.15, 0.2) is 54.6 Å². The standard InChI is InChI=1S/C27H35FN4O2/c1-27(2)25(33)31(21-22-11-5-3-6-12-22)26(34)32(27)16-10-4-9-15-29-17-19-30(20-18-29)24-14-8-7-13-23(24)28/h3,5-8,11-14H,4,9-10,15-21H2,1-2H3. The Hall–Kier alpha value is -2.93. The number of carbonyl (C=O) groups excluding carboxylic acids is 2. The Kier molecular flexibility index (Phi) is 7.51. The van der Waals surface area contributed by atoms with E-state index in [0.717, 1.165) is 57.5 Å². The van der Waals surface area contributed by atoms with Crippen molar-refractivity contribution in [2.24, 2.45) is 0 Å². The first kappa shape index (κ1) is 24.2. The lowest BCUT2D eigenvalue weighted by atomic mass is 10.0. The van der Waals surface area contributed by atoms with Crippen LogP contribution in [0.5, 0.6) is 0 Å². The first-order valence-electron chi connectivity index (χ1n) is 12.3.